The molecule has 1 unspecified atom stereocenters. The molecule has 0 N–H and O–H groups in total. The van der Waals surface area contributed by atoms with Crippen LogP contribution in [0.1, 0.15) is 12.8 Å². The quantitative estimate of drug-likeness (QED) is 0.311. The molecule has 0 aromatic heterocycles. The standard InChI is InChI=1S/C10H10O3/c11-8-5-13-9(12)10(8)4-6-1-2-7(10)3-6/h1-2,6-7H,3-5H2/t6-,7+,10?/m0/s1. The number of carbonyl (C=O) groups excluding carboxylic acids is 2. The summed E-state index contributed by atoms with van der Waals surface area (Å²) in [6, 6.07) is 0. The average molecular weight is 178 g/mol. The molecule has 3 atom stereocenters. The molecule has 13 heavy (non-hydrogen) atoms. The molecule has 2 aliphatic carbocycles. The van der Waals surface area contributed by atoms with Crippen molar-refractivity contribution in [3.05, 3.63) is 12.2 Å². The lowest BCUT2D eigenvalue weighted by molar-refractivity contribution is -0.148. The first kappa shape index (κ1) is 7.30. The zero-order valence-corrected chi connectivity index (χ0v) is 7.16. The van der Waals surface area contributed by atoms with Crippen LogP contribution in [0.4, 0.5) is 0 Å². The van der Waals surface area contributed by atoms with Crippen molar-refractivity contribution < 1.29 is 14.3 Å². The summed E-state index contributed by atoms with van der Waals surface area (Å²) in [5.41, 5.74) is -0.764. The van der Waals surface area contributed by atoms with Crippen LogP contribution in [0.15, 0.2) is 12.2 Å². The fourth-order valence-corrected chi connectivity index (χ4v) is 2.91. The number of cyclic esters (lactones) is 1. The van der Waals surface area contributed by atoms with Gasteiger partial charge in [0, 0.05) is 5.92 Å². The average Bonchev–Trinajstić information content (AvgIpc) is 2.77. The molecule has 1 saturated carbocycles. The molecule has 1 spiro atoms. The highest BCUT2D eigenvalue weighted by molar-refractivity contribution is 6.10. The number of hydrogen-bond donors (Lipinski definition) is 0. The highest BCUT2D eigenvalue weighted by Crippen LogP contribution is 2.54. The van der Waals surface area contributed by atoms with Crippen molar-refractivity contribution in [2.45, 2.75) is 12.8 Å². The minimum absolute atomic E-state index is 0.00407. The topological polar surface area (TPSA) is 43.4 Å². The third-order valence-corrected chi connectivity index (χ3v) is 3.59. The number of fused-ring (bicyclic) bond motifs is 3. The smallest absolute Gasteiger partial charge is 0.320 e. The van der Waals surface area contributed by atoms with Crippen molar-refractivity contribution in [3.63, 3.8) is 0 Å². The van der Waals surface area contributed by atoms with E-state index in [-0.39, 0.29) is 24.3 Å². The summed E-state index contributed by atoms with van der Waals surface area (Å²) >= 11 is 0. The molecule has 0 radical (unpaired) electrons. The Kier molecular flexibility index (Phi) is 1.14. The molecule has 3 heteroatoms. The largest absolute Gasteiger partial charge is 0.457 e. The minimum Gasteiger partial charge on any atom is -0.457 e. The van der Waals surface area contributed by atoms with E-state index in [0.717, 1.165) is 6.42 Å². The Morgan fingerprint density at radius 2 is 2.23 bits per heavy atom. The number of ketones is 1. The van der Waals surface area contributed by atoms with Crippen LogP contribution in [0.2, 0.25) is 0 Å². The fourth-order valence-electron chi connectivity index (χ4n) is 2.91. The van der Waals surface area contributed by atoms with Gasteiger partial charge in [-0.05, 0) is 18.8 Å². The molecule has 1 heterocycles. The number of hydrogen-bond acceptors (Lipinski definition) is 3. The van der Waals surface area contributed by atoms with E-state index in [2.05, 4.69) is 6.08 Å². The van der Waals surface area contributed by atoms with Gasteiger partial charge in [0.2, 0.25) is 0 Å². The predicted octanol–water partition coefficient (Wildman–Crippen LogP) is 0.695. The second-order valence-electron chi connectivity index (χ2n) is 4.16. The molecule has 68 valence electrons. The Labute approximate surface area is 75.8 Å². The van der Waals surface area contributed by atoms with Crippen molar-refractivity contribution in [1.29, 1.82) is 0 Å². The summed E-state index contributed by atoms with van der Waals surface area (Å²) in [5, 5.41) is 0. The van der Waals surface area contributed by atoms with Crippen LogP contribution in [-0.2, 0) is 14.3 Å². The third kappa shape index (κ3) is 0.666. The normalized spacial score (nSPS) is 46.5. The van der Waals surface area contributed by atoms with E-state index in [4.69, 9.17) is 4.74 Å². The molecule has 1 saturated heterocycles. The fraction of sp³-hybridized carbons (Fsp3) is 0.600. The SMILES string of the molecule is O=C1COC(=O)C12C[C@H]1C=C[C@@H]2C1. The van der Waals surface area contributed by atoms with E-state index in [1.807, 2.05) is 6.08 Å². The first-order chi connectivity index (χ1) is 6.23. The Morgan fingerprint density at radius 1 is 1.38 bits per heavy atom. The van der Waals surface area contributed by atoms with Crippen LogP contribution in [0.25, 0.3) is 0 Å². The summed E-state index contributed by atoms with van der Waals surface area (Å²) in [6.45, 7) is -0.00407. The lowest BCUT2D eigenvalue weighted by Crippen LogP contribution is -2.37. The van der Waals surface area contributed by atoms with Crippen molar-refractivity contribution in [3.8, 4) is 0 Å². The lowest BCUT2D eigenvalue weighted by atomic mass is 9.74. The first-order valence-electron chi connectivity index (χ1n) is 4.62. The number of carbonyl (C=O) groups is 2. The summed E-state index contributed by atoms with van der Waals surface area (Å²) < 4.78 is 4.83. The predicted molar refractivity (Wildman–Crippen MR) is 43.8 cm³/mol. The molecule has 0 aromatic carbocycles. The summed E-state index contributed by atoms with van der Waals surface area (Å²) in [4.78, 5) is 23.1. The summed E-state index contributed by atoms with van der Waals surface area (Å²) in [6.07, 6.45) is 5.78. The number of rotatable bonds is 0. The zero-order chi connectivity index (χ0) is 9.05. The number of Topliss-reactive ketones (excluding diaryl/α,β-unsaturated/α-hetero) is 1. The molecule has 2 bridgehead atoms. The molecular weight excluding hydrogens is 168 g/mol. The van der Waals surface area contributed by atoms with Gasteiger partial charge in [-0.2, -0.15) is 0 Å². The van der Waals surface area contributed by atoms with Crippen LogP contribution in [-0.4, -0.2) is 18.4 Å². The number of esters is 1. The summed E-state index contributed by atoms with van der Waals surface area (Å²) in [7, 11) is 0. The van der Waals surface area contributed by atoms with Crippen LogP contribution in [0.5, 0.6) is 0 Å². The molecule has 0 aromatic rings. The molecule has 0 amide bonds. The maximum atomic E-state index is 11.6. The lowest BCUT2D eigenvalue weighted by Gasteiger charge is -2.23. The molecule has 3 aliphatic rings. The monoisotopic (exact) mass is 178 g/mol. The van der Waals surface area contributed by atoms with Gasteiger partial charge in [0.15, 0.2) is 12.4 Å². The second-order valence-corrected chi connectivity index (χ2v) is 4.16. The third-order valence-electron chi connectivity index (χ3n) is 3.59. The van der Waals surface area contributed by atoms with Gasteiger partial charge >= 0.3 is 5.97 Å². The molecule has 2 fully saturated rings. The van der Waals surface area contributed by atoms with Gasteiger partial charge < -0.3 is 4.74 Å². The maximum Gasteiger partial charge on any atom is 0.320 e. The van der Waals surface area contributed by atoms with Gasteiger partial charge in [-0.15, -0.1) is 0 Å². The van der Waals surface area contributed by atoms with Crippen LogP contribution in [0, 0.1) is 17.3 Å². The number of ether oxygens (including phenoxy) is 1. The van der Waals surface area contributed by atoms with Gasteiger partial charge in [-0.1, -0.05) is 12.2 Å². The first-order valence-corrected chi connectivity index (χ1v) is 4.62. The van der Waals surface area contributed by atoms with E-state index in [0.29, 0.717) is 12.3 Å². The van der Waals surface area contributed by atoms with Crippen molar-refractivity contribution in [1.82, 2.24) is 0 Å². The summed E-state index contributed by atoms with van der Waals surface area (Å²) in [5.74, 6) is 0.267. The zero-order valence-electron chi connectivity index (χ0n) is 7.16. The Morgan fingerprint density at radius 3 is 2.69 bits per heavy atom. The van der Waals surface area contributed by atoms with Gasteiger partial charge in [0.05, 0.1) is 0 Å². The van der Waals surface area contributed by atoms with Gasteiger partial charge in [-0.25, -0.2) is 0 Å². The molecule has 3 rings (SSSR count). The number of allylic oxidation sites excluding steroid dienone is 2. The van der Waals surface area contributed by atoms with Gasteiger partial charge in [-0.3, -0.25) is 9.59 Å². The van der Waals surface area contributed by atoms with E-state index in [9.17, 15) is 9.59 Å². The van der Waals surface area contributed by atoms with E-state index in [1.54, 1.807) is 0 Å². The van der Waals surface area contributed by atoms with E-state index < -0.39 is 5.41 Å². The molecule has 1 aliphatic heterocycles. The Balaban J connectivity index is 2.10. The Hall–Kier alpha value is -1.12. The highest BCUT2D eigenvalue weighted by atomic mass is 16.5. The van der Waals surface area contributed by atoms with Gasteiger partial charge in [0.25, 0.3) is 0 Å². The second kappa shape index (κ2) is 2.03. The van der Waals surface area contributed by atoms with E-state index >= 15 is 0 Å². The van der Waals surface area contributed by atoms with Crippen molar-refractivity contribution >= 4 is 11.8 Å². The highest BCUT2D eigenvalue weighted by Gasteiger charge is 2.62. The molecule has 3 nitrogen and oxygen atoms in total. The van der Waals surface area contributed by atoms with Crippen LogP contribution >= 0.6 is 0 Å². The minimum atomic E-state index is -0.764. The van der Waals surface area contributed by atoms with Crippen LogP contribution in [0.3, 0.4) is 0 Å². The maximum absolute atomic E-state index is 11.6. The van der Waals surface area contributed by atoms with Crippen LogP contribution < -0.4 is 0 Å². The Bertz CT molecular complexity index is 313. The van der Waals surface area contributed by atoms with Crippen molar-refractivity contribution in [2.24, 2.45) is 17.3 Å². The molecular formula is C10H10O3. The van der Waals surface area contributed by atoms with Crippen molar-refractivity contribution in [2.75, 3.05) is 6.61 Å². The van der Waals surface area contributed by atoms with Gasteiger partial charge in [0.1, 0.15) is 5.41 Å². The van der Waals surface area contributed by atoms with E-state index in [1.165, 1.54) is 0 Å².